The Kier molecular flexibility index (Phi) is 5.84. The van der Waals surface area contributed by atoms with E-state index in [0.29, 0.717) is 28.1 Å². The van der Waals surface area contributed by atoms with E-state index in [4.69, 9.17) is 5.73 Å². The Bertz CT molecular complexity index is 1330. The fourth-order valence-electron chi connectivity index (χ4n) is 4.37. The van der Waals surface area contributed by atoms with Gasteiger partial charge in [0.25, 0.3) is 11.8 Å². The largest absolute Gasteiger partial charge is 0.361 e. The number of amides is 4. The third-order valence-corrected chi connectivity index (χ3v) is 6.33. The minimum absolute atomic E-state index is 0.0558. The van der Waals surface area contributed by atoms with Crippen LogP contribution in [0.15, 0.2) is 54.7 Å². The smallest absolute Gasteiger partial charge is 0.316 e. The Hall–Kier alpha value is -4.37. The predicted molar refractivity (Wildman–Crippen MR) is 136 cm³/mol. The van der Waals surface area contributed by atoms with E-state index in [1.165, 1.54) is 0 Å². The lowest BCUT2D eigenvalue weighted by atomic mass is 10.0. The van der Waals surface area contributed by atoms with Crippen LogP contribution in [-0.2, 0) is 4.79 Å². The molecule has 0 spiro atoms. The minimum Gasteiger partial charge on any atom is -0.361 e. The van der Waals surface area contributed by atoms with Crippen LogP contribution < -0.4 is 16.4 Å². The van der Waals surface area contributed by atoms with E-state index in [9.17, 15) is 14.4 Å². The summed E-state index contributed by atoms with van der Waals surface area (Å²) in [5.74, 6) is -0.167. The summed E-state index contributed by atoms with van der Waals surface area (Å²) in [7, 11) is 2.06. The van der Waals surface area contributed by atoms with Crippen LogP contribution >= 0.6 is 0 Å². The van der Waals surface area contributed by atoms with Gasteiger partial charge in [0, 0.05) is 60.6 Å². The second kappa shape index (κ2) is 9.11. The van der Waals surface area contributed by atoms with Crippen LogP contribution in [0.2, 0.25) is 0 Å². The van der Waals surface area contributed by atoms with Gasteiger partial charge in [-0.15, -0.1) is 0 Å². The second-order valence-electron chi connectivity index (χ2n) is 8.78. The number of nitrogens with zero attached hydrogens (tertiary/aromatic N) is 2. The molecule has 0 bridgehead atoms. The Morgan fingerprint density at radius 3 is 2.46 bits per heavy atom. The number of piperazine rings is 1. The molecule has 3 aromatic rings. The summed E-state index contributed by atoms with van der Waals surface area (Å²) >= 11 is 0. The van der Waals surface area contributed by atoms with Crippen molar-refractivity contribution in [2.75, 3.05) is 43.9 Å². The van der Waals surface area contributed by atoms with Crippen molar-refractivity contribution >= 4 is 40.9 Å². The van der Waals surface area contributed by atoms with Crippen molar-refractivity contribution in [2.24, 2.45) is 5.73 Å². The average Bonchev–Trinajstić information content (AvgIpc) is 3.43. The maximum Gasteiger partial charge on any atom is 0.316 e. The number of rotatable bonds is 4. The first-order valence-electron chi connectivity index (χ1n) is 11.4. The molecule has 2 aliphatic rings. The van der Waals surface area contributed by atoms with Crippen molar-refractivity contribution in [3.05, 3.63) is 71.5 Å². The number of nitrogens with two attached hydrogens (primary N) is 1. The number of hydrogen-bond donors (Lipinski definition) is 4. The highest BCUT2D eigenvalue weighted by Gasteiger charge is 2.25. The van der Waals surface area contributed by atoms with Crippen LogP contribution in [0.5, 0.6) is 0 Å². The summed E-state index contributed by atoms with van der Waals surface area (Å²) in [6.45, 7) is 3.25. The number of aromatic nitrogens is 1. The minimum atomic E-state index is -0.668. The molecular formula is C26H26N6O3. The van der Waals surface area contributed by atoms with Gasteiger partial charge >= 0.3 is 6.03 Å². The lowest BCUT2D eigenvalue weighted by Gasteiger charge is -2.32. The van der Waals surface area contributed by atoms with Crippen molar-refractivity contribution in [1.82, 2.24) is 14.8 Å². The van der Waals surface area contributed by atoms with Crippen molar-refractivity contribution in [2.45, 2.75) is 0 Å². The third kappa shape index (κ3) is 4.67. The van der Waals surface area contributed by atoms with E-state index >= 15 is 0 Å². The molecule has 3 heterocycles. The highest BCUT2D eigenvalue weighted by atomic mass is 16.2. The number of benzene rings is 2. The van der Waals surface area contributed by atoms with Crippen LogP contribution in [0.25, 0.3) is 22.8 Å². The maximum atomic E-state index is 12.8. The number of nitrogens with one attached hydrogen (secondary N) is 3. The van der Waals surface area contributed by atoms with Gasteiger partial charge in [0.2, 0.25) is 0 Å². The predicted octanol–water partition coefficient (Wildman–Crippen LogP) is 3.05. The van der Waals surface area contributed by atoms with Crippen molar-refractivity contribution < 1.29 is 14.4 Å². The summed E-state index contributed by atoms with van der Waals surface area (Å²) in [4.78, 5) is 43.8. The number of aromatic amines is 1. The Morgan fingerprint density at radius 2 is 1.74 bits per heavy atom. The molecule has 178 valence electrons. The molecule has 35 heavy (non-hydrogen) atoms. The lowest BCUT2D eigenvalue weighted by Crippen LogP contribution is -2.47. The van der Waals surface area contributed by atoms with E-state index in [2.05, 4.69) is 27.6 Å². The molecule has 9 heteroatoms. The molecule has 2 aliphatic heterocycles. The number of anilines is 2. The first kappa shape index (κ1) is 22.4. The third-order valence-electron chi connectivity index (χ3n) is 6.33. The van der Waals surface area contributed by atoms with E-state index in [1.54, 1.807) is 24.3 Å². The van der Waals surface area contributed by atoms with Gasteiger partial charge in [-0.05, 0) is 60.6 Å². The quantitative estimate of drug-likeness (QED) is 0.438. The molecule has 5 N–H and O–H groups in total. The molecule has 4 amide bonds. The zero-order chi connectivity index (χ0) is 24.5. The maximum absolute atomic E-state index is 12.8. The molecule has 1 fully saturated rings. The number of H-pyrrole nitrogens is 1. The van der Waals surface area contributed by atoms with E-state index in [0.717, 1.165) is 43.0 Å². The summed E-state index contributed by atoms with van der Waals surface area (Å²) in [6.07, 6.45) is 3.63. The van der Waals surface area contributed by atoms with Gasteiger partial charge in [0.15, 0.2) is 0 Å². The number of hydrogen-bond acceptors (Lipinski definition) is 4. The van der Waals surface area contributed by atoms with Gasteiger partial charge < -0.3 is 31.2 Å². The Labute approximate surface area is 202 Å². The zero-order valence-corrected chi connectivity index (χ0v) is 19.3. The molecule has 0 atom stereocenters. The number of primary amides is 1. The number of urea groups is 1. The standard InChI is InChI=1S/C26H26N6O3/c1-31-8-10-32(11-9-31)25(34)17-4-2-16(3-5-17)18-12-20(28-15-18)14-22-21-13-19(29-26(27)35)6-7-23(21)30-24(22)33/h2-7,12-15,28H,8-11H2,1H3,(H,30,33)(H3,27,29,35). The normalized spacial score (nSPS) is 16.8. The zero-order valence-electron chi connectivity index (χ0n) is 19.3. The highest BCUT2D eigenvalue weighted by Crippen LogP contribution is 2.35. The first-order valence-corrected chi connectivity index (χ1v) is 11.4. The van der Waals surface area contributed by atoms with Crippen LogP contribution in [0.3, 0.4) is 0 Å². The lowest BCUT2D eigenvalue weighted by molar-refractivity contribution is -0.110. The number of carbonyl (C=O) groups excluding carboxylic acids is 3. The van der Waals surface area contributed by atoms with Gasteiger partial charge in [-0.1, -0.05) is 12.1 Å². The van der Waals surface area contributed by atoms with Crippen LogP contribution in [0.1, 0.15) is 21.6 Å². The molecule has 5 rings (SSSR count). The highest BCUT2D eigenvalue weighted by molar-refractivity contribution is 6.35. The summed E-state index contributed by atoms with van der Waals surface area (Å²) in [5.41, 5.74) is 10.9. The van der Waals surface area contributed by atoms with E-state index < -0.39 is 6.03 Å². The summed E-state index contributed by atoms with van der Waals surface area (Å²) < 4.78 is 0. The van der Waals surface area contributed by atoms with Crippen LogP contribution in [0, 0.1) is 0 Å². The number of likely N-dealkylation sites (N-methyl/N-ethyl adjacent to an activating group) is 1. The van der Waals surface area contributed by atoms with Gasteiger partial charge in [-0.25, -0.2) is 4.79 Å². The molecule has 1 saturated heterocycles. The second-order valence-corrected chi connectivity index (χ2v) is 8.78. The molecule has 2 aromatic carbocycles. The fraction of sp³-hybridized carbons (Fsp3) is 0.192. The molecule has 1 aromatic heterocycles. The number of fused-ring (bicyclic) bond motifs is 1. The van der Waals surface area contributed by atoms with E-state index in [-0.39, 0.29) is 11.8 Å². The first-order chi connectivity index (χ1) is 16.9. The Balaban J connectivity index is 1.34. The number of carbonyl (C=O) groups is 3. The van der Waals surface area contributed by atoms with Crippen LogP contribution in [-0.4, -0.2) is 65.9 Å². The van der Waals surface area contributed by atoms with Crippen molar-refractivity contribution in [1.29, 1.82) is 0 Å². The van der Waals surface area contributed by atoms with Gasteiger partial charge in [-0.2, -0.15) is 0 Å². The SMILES string of the molecule is CN1CCN(C(=O)c2ccc(-c3c[nH]c(C=C4C(=O)Nc5ccc(NC(N)=O)cc54)c3)cc2)CC1. The fourth-order valence-corrected chi connectivity index (χ4v) is 4.37. The Morgan fingerprint density at radius 1 is 1.00 bits per heavy atom. The summed E-state index contributed by atoms with van der Waals surface area (Å²) in [5, 5.41) is 5.36. The molecular weight excluding hydrogens is 444 g/mol. The molecule has 0 radical (unpaired) electrons. The van der Waals surface area contributed by atoms with Gasteiger partial charge in [0.1, 0.15) is 0 Å². The average molecular weight is 471 g/mol. The monoisotopic (exact) mass is 470 g/mol. The van der Waals surface area contributed by atoms with Gasteiger partial charge in [0.05, 0.1) is 5.57 Å². The topological polar surface area (TPSA) is 124 Å². The van der Waals surface area contributed by atoms with Crippen LogP contribution in [0.4, 0.5) is 16.2 Å². The molecule has 0 saturated carbocycles. The van der Waals surface area contributed by atoms with Crippen molar-refractivity contribution in [3.63, 3.8) is 0 Å². The molecule has 0 unspecified atom stereocenters. The van der Waals surface area contributed by atoms with E-state index in [1.807, 2.05) is 41.4 Å². The molecule has 9 nitrogen and oxygen atoms in total. The van der Waals surface area contributed by atoms with Gasteiger partial charge in [-0.3, -0.25) is 9.59 Å². The van der Waals surface area contributed by atoms with Crippen molar-refractivity contribution in [3.8, 4) is 11.1 Å². The summed E-state index contributed by atoms with van der Waals surface area (Å²) in [6, 6.07) is 14.0. The molecule has 0 aliphatic carbocycles.